The Morgan fingerprint density at radius 1 is 1.31 bits per heavy atom. The molecule has 0 spiro atoms. The van der Waals surface area contributed by atoms with Crippen molar-refractivity contribution >= 4 is 5.91 Å². The topological polar surface area (TPSA) is 23.6 Å². The van der Waals surface area contributed by atoms with Crippen LogP contribution in [0.1, 0.15) is 27.7 Å². The highest BCUT2D eigenvalue weighted by molar-refractivity contribution is 5.74. The molecule has 0 radical (unpaired) electrons. The number of carbonyl (C=O) groups is 1. The van der Waals surface area contributed by atoms with Gasteiger partial charge in [0.1, 0.15) is 0 Å². The van der Waals surface area contributed by atoms with Crippen LogP contribution in [-0.2, 0) is 4.79 Å². The zero-order valence-corrected chi connectivity index (χ0v) is 9.08. The minimum absolute atomic E-state index is 0.204. The predicted octanol–water partition coefficient (Wildman–Crippen LogP) is 0.947. The van der Waals surface area contributed by atoms with E-state index in [1.807, 2.05) is 4.90 Å². The van der Waals surface area contributed by atoms with Crippen LogP contribution in [-0.4, -0.2) is 47.4 Å². The first-order chi connectivity index (χ1) is 6.06. The normalized spacial score (nSPS) is 30.6. The molecule has 1 aliphatic rings. The molecule has 0 bridgehead atoms. The van der Waals surface area contributed by atoms with Crippen LogP contribution in [0.2, 0.25) is 0 Å². The van der Waals surface area contributed by atoms with Crippen molar-refractivity contribution in [1.29, 1.82) is 0 Å². The first-order valence-electron chi connectivity index (χ1n) is 5.07. The zero-order chi connectivity index (χ0) is 10.0. The van der Waals surface area contributed by atoms with Gasteiger partial charge in [-0.15, -0.1) is 0 Å². The zero-order valence-electron chi connectivity index (χ0n) is 9.08. The largest absolute Gasteiger partial charge is 0.335 e. The molecule has 1 heterocycles. The summed E-state index contributed by atoms with van der Waals surface area (Å²) in [4.78, 5) is 15.7. The number of likely N-dealkylation sites (N-methyl/N-ethyl adjacent to an activating group) is 1. The van der Waals surface area contributed by atoms with Crippen molar-refractivity contribution in [3.05, 3.63) is 0 Å². The molecule has 1 saturated heterocycles. The predicted molar refractivity (Wildman–Crippen MR) is 53.6 cm³/mol. The van der Waals surface area contributed by atoms with Crippen molar-refractivity contribution in [2.75, 3.05) is 19.6 Å². The summed E-state index contributed by atoms with van der Waals surface area (Å²) in [6, 6.07) is 0.724. The molecule has 1 rings (SSSR count). The Kier molecular flexibility index (Phi) is 3.31. The van der Waals surface area contributed by atoms with Crippen molar-refractivity contribution in [3.63, 3.8) is 0 Å². The molecule has 1 aliphatic heterocycles. The summed E-state index contributed by atoms with van der Waals surface area (Å²) in [5.41, 5.74) is 0. The van der Waals surface area contributed by atoms with Crippen LogP contribution in [0, 0.1) is 0 Å². The molecule has 0 unspecified atom stereocenters. The summed E-state index contributed by atoms with van der Waals surface area (Å²) in [6.07, 6.45) is 0. The SMILES string of the molecule is CCN1C[C@H](C)N(C(C)=O)[C@@H](C)C1. The van der Waals surface area contributed by atoms with Crippen LogP contribution in [0.15, 0.2) is 0 Å². The quantitative estimate of drug-likeness (QED) is 0.605. The Hall–Kier alpha value is -0.570. The highest BCUT2D eigenvalue weighted by atomic mass is 16.2. The molecule has 2 atom stereocenters. The third-order valence-electron chi connectivity index (χ3n) is 2.81. The molecule has 76 valence electrons. The Balaban J connectivity index is 2.64. The number of amides is 1. The van der Waals surface area contributed by atoms with Crippen molar-refractivity contribution in [2.45, 2.75) is 39.8 Å². The Morgan fingerprint density at radius 2 is 1.77 bits per heavy atom. The van der Waals surface area contributed by atoms with Crippen LogP contribution in [0.3, 0.4) is 0 Å². The summed E-state index contributed by atoms with van der Waals surface area (Å²) >= 11 is 0. The highest BCUT2D eigenvalue weighted by Crippen LogP contribution is 2.15. The Morgan fingerprint density at radius 3 is 2.08 bits per heavy atom. The third-order valence-corrected chi connectivity index (χ3v) is 2.81. The van der Waals surface area contributed by atoms with Gasteiger partial charge in [-0.25, -0.2) is 0 Å². The van der Waals surface area contributed by atoms with Crippen LogP contribution >= 0.6 is 0 Å². The number of nitrogens with zero attached hydrogens (tertiary/aromatic N) is 2. The number of hydrogen-bond acceptors (Lipinski definition) is 2. The molecule has 3 nitrogen and oxygen atoms in total. The van der Waals surface area contributed by atoms with E-state index in [0.717, 1.165) is 19.6 Å². The van der Waals surface area contributed by atoms with Gasteiger partial charge in [-0.1, -0.05) is 6.92 Å². The molecule has 1 amide bonds. The van der Waals surface area contributed by atoms with Gasteiger partial charge < -0.3 is 4.90 Å². The molecule has 0 aromatic carbocycles. The van der Waals surface area contributed by atoms with Gasteiger partial charge in [-0.2, -0.15) is 0 Å². The van der Waals surface area contributed by atoms with Gasteiger partial charge in [-0.05, 0) is 20.4 Å². The lowest BCUT2D eigenvalue weighted by Crippen LogP contribution is -2.57. The second-order valence-electron chi connectivity index (χ2n) is 3.98. The smallest absolute Gasteiger partial charge is 0.220 e. The molecular formula is C10H20N2O. The van der Waals surface area contributed by atoms with Crippen molar-refractivity contribution < 1.29 is 4.79 Å². The second-order valence-corrected chi connectivity index (χ2v) is 3.98. The van der Waals surface area contributed by atoms with Crippen LogP contribution < -0.4 is 0 Å². The third kappa shape index (κ3) is 2.21. The average Bonchev–Trinajstić information content (AvgIpc) is 2.02. The van der Waals surface area contributed by atoms with Gasteiger partial charge in [-0.3, -0.25) is 9.69 Å². The number of rotatable bonds is 1. The van der Waals surface area contributed by atoms with E-state index < -0.39 is 0 Å². The van der Waals surface area contributed by atoms with E-state index in [-0.39, 0.29) is 5.91 Å². The molecule has 0 aromatic rings. The summed E-state index contributed by atoms with van der Waals surface area (Å²) in [7, 11) is 0. The molecule has 0 aromatic heterocycles. The van der Waals surface area contributed by atoms with Gasteiger partial charge >= 0.3 is 0 Å². The van der Waals surface area contributed by atoms with E-state index in [0.29, 0.717) is 12.1 Å². The van der Waals surface area contributed by atoms with E-state index >= 15 is 0 Å². The number of carbonyl (C=O) groups excluding carboxylic acids is 1. The lowest BCUT2D eigenvalue weighted by molar-refractivity contribution is -0.136. The molecule has 3 heteroatoms. The minimum Gasteiger partial charge on any atom is -0.335 e. The first-order valence-corrected chi connectivity index (χ1v) is 5.07. The maximum absolute atomic E-state index is 11.3. The van der Waals surface area contributed by atoms with Crippen molar-refractivity contribution in [1.82, 2.24) is 9.80 Å². The highest BCUT2D eigenvalue weighted by Gasteiger charge is 2.29. The first kappa shape index (κ1) is 10.5. The van der Waals surface area contributed by atoms with Crippen LogP contribution in [0.4, 0.5) is 0 Å². The van der Waals surface area contributed by atoms with Crippen LogP contribution in [0.25, 0.3) is 0 Å². The fourth-order valence-electron chi connectivity index (χ4n) is 2.31. The van der Waals surface area contributed by atoms with Gasteiger partial charge in [0.05, 0.1) is 0 Å². The summed E-state index contributed by atoms with van der Waals surface area (Å²) in [5.74, 6) is 0.204. The second kappa shape index (κ2) is 4.09. The van der Waals surface area contributed by atoms with E-state index in [2.05, 4.69) is 25.7 Å². The molecule has 0 aliphatic carbocycles. The maximum Gasteiger partial charge on any atom is 0.220 e. The molecule has 1 fully saturated rings. The fraction of sp³-hybridized carbons (Fsp3) is 0.900. The number of hydrogen-bond donors (Lipinski definition) is 0. The molecule has 0 N–H and O–H groups in total. The summed E-state index contributed by atoms with van der Waals surface area (Å²) < 4.78 is 0. The average molecular weight is 184 g/mol. The van der Waals surface area contributed by atoms with E-state index in [1.165, 1.54) is 0 Å². The van der Waals surface area contributed by atoms with E-state index in [9.17, 15) is 4.79 Å². The minimum atomic E-state index is 0.204. The molecule has 13 heavy (non-hydrogen) atoms. The molecule has 0 saturated carbocycles. The summed E-state index contributed by atoms with van der Waals surface area (Å²) in [6.45, 7) is 11.2. The molecular weight excluding hydrogens is 164 g/mol. The summed E-state index contributed by atoms with van der Waals surface area (Å²) in [5, 5.41) is 0. The van der Waals surface area contributed by atoms with Crippen molar-refractivity contribution in [3.8, 4) is 0 Å². The van der Waals surface area contributed by atoms with Gasteiger partial charge in [0.25, 0.3) is 0 Å². The van der Waals surface area contributed by atoms with Crippen molar-refractivity contribution in [2.24, 2.45) is 0 Å². The number of piperazine rings is 1. The van der Waals surface area contributed by atoms with E-state index in [4.69, 9.17) is 0 Å². The maximum atomic E-state index is 11.3. The van der Waals surface area contributed by atoms with Gasteiger partial charge in [0.2, 0.25) is 5.91 Å². The fourth-order valence-corrected chi connectivity index (χ4v) is 2.31. The van der Waals surface area contributed by atoms with E-state index in [1.54, 1.807) is 6.92 Å². The standard InChI is InChI=1S/C10H20N2O/c1-5-11-6-8(2)12(10(4)13)9(3)7-11/h8-9H,5-7H2,1-4H3/t8-,9-/m0/s1. The Bertz CT molecular complexity index is 181. The van der Waals surface area contributed by atoms with Gasteiger partial charge in [0.15, 0.2) is 0 Å². The lowest BCUT2D eigenvalue weighted by atomic mass is 10.1. The lowest BCUT2D eigenvalue weighted by Gasteiger charge is -2.43. The Labute approximate surface area is 80.7 Å². The monoisotopic (exact) mass is 184 g/mol. The van der Waals surface area contributed by atoms with Crippen LogP contribution in [0.5, 0.6) is 0 Å². The van der Waals surface area contributed by atoms with Gasteiger partial charge in [0, 0.05) is 32.1 Å².